The molecule has 0 atom stereocenters. The number of aromatic amines is 2. The number of nitrogens with one attached hydrogen (secondary N) is 3. The Kier molecular flexibility index (Phi) is 7.44. The van der Waals surface area contributed by atoms with Crippen LogP contribution >= 0.6 is 66.7 Å². The van der Waals surface area contributed by atoms with Gasteiger partial charge in [-0.25, -0.2) is 8.42 Å². The first kappa shape index (κ1) is 27.7. The van der Waals surface area contributed by atoms with Crippen molar-refractivity contribution in [1.82, 2.24) is 9.97 Å². The molecule has 0 aliphatic heterocycles. The van der Waals surface area contributed by atoms with E-state index in [4.69, 9.17) is 34.8 Å². The zero-order chi connectivity index (χ0) is 28.2. The molecule has 0 bridgehead atoms. The van der Waals surface area contributed by atoms with Crippen molar-refractivity contribution in [2.75, 3.05) is 4.72 Å². The van der Waals surface area contributed by atoms with Crippen LogP contribution in [0.3, 0.4) is 0 Å². The molecule has 0 radical (unpaired) electrons. The minimum absolute atomic E-state index is 0.0189. The molecule has 4 aromatic carbocycles. The van der Waals surface area contributed by atoms with Gasteiger partial charge in [-0.1, -0.05) is 78.8 Å². The SMILES string of the molecule is O=S(=O)(Nc1ccc(C(c2c[nH]c3ccc(Br)cc23)c2c[nH]c3ccc(Br)cc23)cc1)c1cc(Cl)c(Cl)cc1Cl. The Morgan fingerprint density at radius 3 is 1.75 bits per heavy atom. The van der Waals surface area contributed by atoms with Crippen LogP contribution in [0.1, 0.15) is 22.6 Å². The molecule has 0 spiro atoms. The highest BCUT2D eigenvalue weighted by molar-refractivity contribution is 9.10. The van der Waals surface area contributed by atoms with Crippen molar-refractivity contribution < 1.29 is 8.42 Å². The molecule has 2 heterocycles. The van der Waals surface area contributed by atoms with Crippen molar-refractivity contribution in [2.45, 2.75) is 10.8 Å². The molecule has 5 nitrogen and oxygen atoms in total. The van der Waals surface area contributed by atoms with E-state index in [9.17, 15) is 8.42 Å². The maximum Gasteiger partial charge on any atom is 0.263 e. The molecule has 202 valence electrons. The van der Waals surface area contributed by atoms with Gasteiger partial charge < -0.3 is 9.97 Å². The largest absolute Gasteiger partial charge is 0.361 e. The monoisotopic (exact) mass is 735 g/mol. The van der Waals surface area contributed by atoms with Crippen LogP contribution in [0.5, 0.6) is 0 Å². The first-order valence-corrected chi connectivity index (χ1v) is 16.1. The Morgan fingerprint density at radius 2 is 1.20 bits per heavy atom. The molecule has 0 saturated carbocycles. The highest BCUT2D eigenvalue weighted by Gasteiger charge is 2.25. The van der Waals surface area contributed by atoms with Crippen LogP contribution in [0.25, 0.3) is 21.8 Å². The van der Waals surface area contributed by atoms with Crippen molar-refractivity contribution in [3.63, 3.8) is 0 Å². The Bertz CT molecular complexity index is 1940. The van der Waals surface area contributed by atoms with Gasteiger partial charge in [0.1, 0.15) is 4.90 Å². The smallest absolute Gasteiger partial charge is 0.263 e. The summed E-state index contributed by atoms with van der Waals surface area (Å²) in [7, 11) is -4.02. The molecular weight excluding hydrogens is 721 g/mol. The zero-order valence-corrected chi connectivity index (χ0v) is 26.5. The molecule has 40 heavy (non-hydrogen) atoms. The van der Waals surface area contributed by atoms with Crippen molar-refractivity contribution in [3.05, 3.63) is 126 Å². The van der Waals surface area contributed by atoms with Gasteiger partial charge in [0.15, 0.2) is 0 Å². The maximum absolute atomic E-state index is 13.1. The number of hydrogen-bond donors (Lipinski definition) is 3. The first-order valence-electron chi connectivity index (χ1n) is 11.9. The van der Waals surface area contributed by atoms with E-state index in [1.165, 1.54) is 12.1 Å². The number of halogens is 5. The van der Waals surface area contributed by atoms with Gasteiger partial charge >= 0.3 is 0 Å². The number of rotatable bonds is 6. The third kappa shape index (κ3) is 5.17. The predicted octanol–water partition coefficient (Wildman–Crippen LogP) is 10.1. The number of benzene rings is 4. The highest BCUT2D eigenvalue weighted by atomic mass is 79.9. The molecule has 0 saturated heterocycles. The second kappa shape index (κ2) is 10.7. The summed E-state index contributed by atoms with van der Waals surface area (Å²) in [5, 5.41) is 2.43. The number of sulfonamides is 1. The molecule has 11 heteroatoms. The average Bonchev–Trinajstić information content (AvgIpc) is 3.51. The summed E-state index contributed by atoms with van der Waals surface area (Å²) in [4.78, 5) is 6.64. The molecule has 0 fully saturated rings. The summed E-state index contributed by atoms with van der Waals surface area (Å²) < 4.78 is 30.8. The summed E-state index contributed by atoms with van der Waals surface area (Å²) in [6.07, 6.45) is 4.06. The maximum atomic E-state index is 13.1. The minimum Gasteiger partial charge on any atom is -0.361 e. The third-order valence-electron chi connectivity index (χ3n) is 6.73. The van der Waals surface area contributed by atoms with Crippen LogP contribution < -0.4 is 4.72 Å². The molecule has 6 rings (SSSR count). The average molecular weight is 739 g/mol. The molecule has 2 aromatic heterocycles. The van der Waals surface area contributed by atoms with Gasteiger partial charge in [0.2, 0.25) is 0 Å². The predicted molar refractivity (Wildman–Crippen MR) is 172 cm³/mol. The molecule has 0 aliphatic rings. The lowest BCUT2D eigenvalue weighted by Gasteiger charge is -2.18. The number of hydrogen-bond acceptors (Lipinski definition) is 2. The second-order valence-corrected chi connectivity index (χ2v) is 13.9. The highest BCUT2D eigenvalue weighted by Crippen LogP contribution is 2.41. The molecule has 0 aliphatic carbocycles. The number of anilines is 1. The minimum atomic E-state index is -4.02. The Morgan fingerprint density at radius 1 is 0.675 bits per heavy atom. The molecule has 0 amide bonds. The normalized spacial score (nSPS) is 12.1. The van der Waals surface area contributed by atoms with Crippen molar-refractivity contribution in [2.24, 2.45) is 0 Å². The topological polar surface area (TPSA) is 77.8 Å². The fraction of sp³-hybridized carbons (Fsp3) is 0.0345. The Labute approximate surface area is 262 Å². The van der Waals surface area contributed by atoms with Crippen LogP contribution in [0.4, 0.5) is 5.69 Å². The van der Waals surface area contributed by atoms with Crippen LogP contribution in [0, 0.1) is 0 Å². The van der Waals surface area contributed by atoms with Crippen LogP contribution in [-0.4, -0.2) is 18.4 Å². The fourth-order valence-corrected chi connectivity index (χ4v) is 7.68. The summed E-state index contributed by atoms with van der Waals surface area (Å²) >= 11 is 25.4. The van der Waals surface area contributed by atoms with Crippen molar-refractivity contribution in [1.29, 1.82) is 0 Å². The molecule has 3 N–H and O–H groups in total. The van der Waals surface area contributed by atoms with E-state index in [1.54, 1.807) is 12.1 Å². The van der Waals surface area contributed by atoms with E-state index in [1.807, 2.05) is 48.8 Å². The van der Waals surface area contributed by atoms with Gasteiger partial charge in [-0.3, -0.25) is 4.72 Å². The van der Waals surface area contributed by atoms with E-state index in [0.717, 1.165) is 47.4 Å². The summed E-state index contributed by atoms with van der Waals surface area (Å²) in [6, 6.07) is 22.2. The lowest BCUT2D eigenvalue weighted by atomic mass is 9.85. The fourth-order valence-electron chi connectivity index (χ4n) is 4.90. The number of H-pyrrole nitrogens is 2. The van der Waals surface area contributed by atoms with Gasteiger partial charge in [0, 0.05) is 54.8 Å². The van der Waals surface area contributed by atoms with E-state index in [0.29, 0.717) is 5.69 Å². The van der Waals surface area contributed by atoms with E-state index in [2.05, 4.69) is 58.7 Å². The Hall–Kier alpha value is -2.46. The van der Waals surface area contributed by atoms with Crippen LogP contribution in [0.2, 0.25) is 15.1 Å². The lowest BCUT2D eigenvalue weighted by Crippen LogP contribution is -2.13. The number of aromatic nitrogens is 2. The quantitative estimate of drug-likeness (QED) is 0.149. The third-order valence-corrected chi connectivity index (χ3v) is 10.3. The van der Waals surface area contributed by atoms with Gasteiger partial charge in [0.25, 0.3) is 10.0 Å². The summed E-state index contributed by atoms with van der Waals surface area (Å²) in [6.45, 7) is 0. The zero-order valence-electron chi connectivity index (χ0n) is 20.3. The summed E-state index contributed by atoms with van der Waals surface area (Å²) in [5.74, 6) is -0.152. The molecule has 6 aromatic rings. The van der Waals surface area contributed by atoms with Crippen LogP contribution in [-0.2, 0) is 10.0 Å². The van der Waals surface area contributed by atoms with Gasteiger partial charge in [-0.05, 0) is 77.4 Å². The van der Waals surface area contributed by atoms with E-state index in [-0.39, 0.29) is 25.9 Å². The molecular formula is C29H18Br2Cl3N3O2S. The van der Waals surface area contributed by atoms with Gasteiger partial charge in [-0.2, -0.15) is 0 Å². The standard InChI is InChI=1S/C29H18Br2Cl3N3O2S/c30-16-3-7-26-19(9-16)21(13-35-26)29(22-14-36-27-8-4-17(31)10-20(22)27)15-1-5-18(6-2-15)37-40(38,39)28-12-24(33)23(32)11-25(28)34/h1-14,29,35-37H. The van der Waals surface area contributed by atoms with E-state index >= 15 is 0 Å². The first-order chi connectivity index (χ1) is 19.1. The molecule has 0 unspecified atom stereocenters. The Balaban J connectivity index is 1.44. The van der Waals surface area contributed by atoms with Gasteiger partial charge in [0.05, 0.1) is 15.1 Å². The summed E-state index contributed by atoms with van der Waals surface area (Å²) in [5.41, 5.74) is 5.59. The van der Waals surface area contributed by atoms with Crippen molar-refractivity contribution in [3.8, 4) is 0 Å². The van der Waals surface area contributed by atoms with E-state index < -0.39 is 10.0 Å². The second-order valence-electron chi connectivity index (χ2n) is 9.23. The van der Waals surface area contributed by atoms with Crippen molar-refractivity contribution >= 4 is 104 Å². The number of fused-ring (bicyclic) bond motifs is 2. The van der Waals surface area contributed by atoms with Crippen LogP contribution in [0.15, 0.2) is 99.0 Å². The lowest BCUT2D eigenvalue weighted by molar-refractivity contribution is 0.601. The van der Waals surface area contributed by atoms with Gasteiger partial charge in [-0.15, -0.1) is 0 Å².